The standard InChI is InChI=1S/C12H14FN3O2S/c1-14-7-11-6-12(8-15-11)19(17,18)16-10-4-2-9(13)3-5-10/h2-6,8,14-16H,7H2,1H3. The molecule has 0 saturated heterocycles. The summed E-state index contributed by atoms with van der Waals surface area (Å²) in [5, 5.41) is 2.92. The Morgan fingerprint density at radius 2 is 1.95 bits per heavy atom. The molecule has 3 N–H and O–H groups in total. The van der Waals surface area contributed by atoms with Crippen molar-refractivity contribution in [2.24, 2.45) is 0 Å². The molecule has 0 aliphatic heterocycles. The molecule has 1 aromatic heterocycles. The maximum atomic E-state index is 12.7. The minimum atomic E-state index is -3.66. The number of nitrogens with one attached hydrogen (secondary N) is 3. The fraction of sp³-hybridized carbons (Fsp3) is 0.167. The van der Waals surface area contributed by atoms with Crippen molar-refractivity contribution in [2.45, 2.75) is 11.4 Å². The summed E-state index contributed by atoms with van der Waals surface area (Å²) in [6, 6.07) is 6.67. The average Bonchev–Trinajstić information content (AvgIpc) is 2.82. The maximum absolute atomic E-state index is 12.7. The monoisotopic (exact) mass is 283 g/mol. The first-order valence-corrected chi connectivity index (χ1v) is 7.10. The first-order chi connectivity index (χ1) is 9.01. The molecule has 0 bridgehead atoms. The largest absolute Gasteiger partial charge is 0.363 e. The van der Waals surface area contributed by atoms with E-state index in [1.165, 1.54) is 30.5 Å². The van der Waals surface area contributed by atoms with E-state index < -0.39 is 15.8 Å². The number of anilines is 1. The zero-order chi connectivity index (χ0) is 13.9. The Labute approximate surface area is 110 Å². The van der Waals surface area contributed by atoms with Crippen LogP contribution in [0.15, 0.2) is 41.4 Å². The van der Waals surface area contributed by atoms with E-state index in [1.807, 2.05) is 0 Å². The molecule has 1 heterocycles. The maximum Gasteiger partial charge on any atom is 0.263 e. The van der Waals surface area contributed by atoms with Crippen molar-refractivity contribution in [1.29, 1.82) is 0 Å². The molecule has 2 rings (SSSR count). The van der Waals surface area contributed by atoms with E-state index >= 15 is 0 Å². The molecule has 0 fully saturated rings. The van der Waals surface area contributed by atoms with Crippen molar-refractivity contribution >= 4 is 15.7 Å². The van der Waals surface area contributed by atoms with Crippen molar-refractivity contribution in [2.75, 3.05) is 11.8 Å². The molecule has 102 valence electrons. The molecule has 1 aromatic carbocycles. The van der Waals surface area contributed by atoms with Crippen LogP contribution < -0.4 is 10.0 Å². The third kappa shape index (κ3) is 3.33. The minimum Gasteiger partial charge on any atom is -0.363 e. The zero-order valence-electron chi connectivity index (χ0n) is 10.3. The highest BCUT2D eigenvalue weighted by atomic mass is 32.2. The molecule has 0 saturated carbocycles. The number of benzene rings is 1. The third-order valence-corrected chi connectivity index (χ3v) is 3.85. The smallest absolute Gasteiger partial charge is 0.263 e. The van der Waals surface area contributed by atoms with Crippen molar-refractivity contribution in [3.8, 4) is 0 Å². The predicted octanol–water partition coefficient (Wildman–Crippen LogP) is 1.67. The van der Waals surface area contributed by atoms with E-state index in [2.05, 4.69) is 15.0 Å². The van der Waals surface area contributed by atoms with Crippen molar-refractivity contribution in [3.63, 3.8) is 0 Å². The van der Waals surface area contributed by atoms with Gasteiger partial charge in [-0.3, -0.25) is 4.72 Å². The van der Waals surface area contributed by atoms with Gasteiger partial charge in [0, 0.05) is 24.1 Å². The van der Waals surface area contributed by atoms with E-state index in [0.717, 1.165) is 5.69 Å². The number of halogens is 1. The summed E-state index contributed by atoms with van der Waals surface area (Å²) in [6.07, 6.45) is 1.42. The first-order valence-electron chi connectivity index (χ1n) is 5.61. The molecule has 7 heteroatoms. The Kier molecular flexibility index (Phi) is 3.87. The number of aromatic amines is 1. The molecule has 0 radical (unpaired) electrons. The number of sulfonamides is 1. The van der Waals surface area contributed by atoms with Crippen LogP contribution in [0.5, 0.6) is 0 Å². The molecule has 19 heavy (non-hydrogen) atoms. The van der Waals surface area contributed by atoms with Gasteiger partial charge in [-0.15, -0.1) is 0 Å². The lowest BCUT2D eigenvalue weighted by molar-refractivity contribution is 0.601. The number of H-pyrrole nitrogens is 1. The van der Waals surface area contributed by atoms with Gasteiger partial charge in [-0.2, -0.15) is 0 Å². The van der Waals surface area contributed by atoms with Gasteiger partial charge in [0.25, 0.3) is 10.0 Å². The van der Waals surface area contributed by atoms with E-state index in [4.69, 9.17) is 0 Å². The zero-order valence-corrected chi connectivity index (χ0v) is 11.1. The quantitative estimate of drug-likeness (QED) is 0.781. The van der Waals surface area contributed by atoms with Crippen LogP contribution in [0.2, 0.25) is 0 Å². The molecule has 0 amide bonds. The van der Waals surface area contributed by atoms with Crippen molar-refractivity contribution in [3.05, 3.63) is 48.0 Å². The van der Waals surface area contributed by atoms with Crippen LogP contribution in [0.25, 0.3) is 0 Å². The Bertz CT molecular complexity index is 650. The summed E-state index contributed by atoms with van der Waals surface area (Å²) < 4.78 is 39.2. The van der Waals surface area contributed by atoms with Crippen LogP contribution in [-0.4, -0.2) is 20.4 Å². The van der Waals surface area contributed by atoms with Gasteiger partial charge < -0.3 is 10.3 Å². The highest BCUT2D eigenvalue weighted by Crippen LogP contribution is 2.17. The second-order valence-corrected chi connectivity index (χ2v) is 5.69. The summed E-state index contributed by atoms with van der Waals surface area (Å²) in [7, 11) is -1.89. The molecule has 2 aromatic rings. The van der Waals surface area contributed by atoms with Crippen molar-refractivity contribution in [1.82, 2.24) is 10.3 Å². The van der Waals surface area contributed by atoms with Gasteiger partial charge in [0.1, 0.15) is 10.7 Å². The van der Waals surface area contributed by atoms with Crippen molar-refractivity contribution < 1.29 is 12.8 Å². The van der Waals surface area contributed by atoms with E-state index in [-0.39, 0.29) is 4.90 Å². The summed E-state index contributed by atoms with van der Waals surface area (Å²) in [5.41, 5.74) is 1.08. The van der Waals surface area contributed by atoms with Gasteiger partial charge >= 0.3 is 0 Å². The summed E-state index contributed by atoms with van der Waals surface area (Å²) in [5.74, 6) is -0.416. The molecule has 0 aliphatic carbocycles. The minimum absolute atomic E-state index is 0.141. The molecule has 0 aliphatic rings. The predicted molar refractivity (Wildman–Crippen MR) is 70.8 cm³/mol. The first kappa shape index (κ1) is 13.6. The lowest BCUT2D eigenvalue weighted by Crippen LogP contribution is -2.12. The fourth-order valence-corrected chi connectivity index (χ4v) is 2.67. The second-order valence-electron chi connectivity index (χ2n) is 4.00. The van der Waals surface area contributed by atoms with Gasteiger partial charge in [-0.05, 0) is 37.4 Å². The fourth-order valence-electron chi connectivity index (χ4n) is 1.60. The molecule has 0 atom stereocenters. The number of hydrogen-bond acceptors (Lipinski definition) is 3. The van der Waals surface area contributed by atoms with Gasteiger partial charge in [0.05, 0.1) is 0 Å². The highest BCUT2D eigenvalue weighted by Gasteiger charge is 2.16. The SMILES string of the molecule is CNCc1cc(S(=O)(=O)Nc2ccc(F)cc2)c[nH]1. The molecule has 0 spiro atoms. The third-order valence-electron chi connectivity index (χ3n) is 2.49. The molecular weight excluding hydrogens is 269 g/mol. The number of hydrogen-bond donors (Lipinski definition) is 3. The molecule has 0 unspecified atom stereocenters. The normalized spacial score (nSPS) is 11.5. The lowest BCUT2D eigenvalue weighted by atomic mass is 10.3. The topological polar surface area (TPSA) is 74.0 Å². The van der Waals surface area contributed by atoms with E-state index in [0.29, 0.717) is 12.2 Å². The lowest BCUT2D eigenvalue weighted by Gasteiger charge is -2.05. The Balaban J connectivity index is 2.19. The molecule has 5 nitrogen and oxygen atoms in total. The Morgan fingerprint density at radius 3 is 2.58 bits per heavy atom. The van der Waals surface area contributed by atoms with Gasteiger partial charge in [-0.25, -0.2) is 12.8 Å². The number of rotatable bonds is 5. The number of aromatic nitrogens is 1. The average molecular weight is 283 g/mol. The summed E-state index contributed by atoms with van der Waals surface area (Å²) in [6.45, 7) is 0.548. The highest BCUT2D eigenvalue weighted by molar-refractivity contribution is 7.92. The Morgan fingerprint density at radius 1 is 1.26 bits per heavy atom. The van der Waals surface area contributed by atoms with Gasteiger partial charge in [-0.1, -0.05) is 0 Å². The second kappa shape index (κ2) is 5.41. The molecular formula is C12H14FN3O2S. The van der Waals surface area contributed by atoms with Crippen LogP contribution >= 0.6 is 0 Å². The van der Waals surface area contributed by atoms with E-state index in [1.54, 1.807) is 13.1 Å². The van der Waals surface area contributed by atoms with Crippen LogP contribution in [0.3, 0.4) is 0 Å². The van der Waals surface area contributed by atoms with Gasteiger partial charge in [0.15, 0.2) is 0 Å². The van der Waals surface area contributed by atoms with Crippen LogP contribution in [-0.2, 0) is 16.6 Å². The summed E-state index contributed by atoms with van der Waals surface area (Å²) in [4.78, 5) is 3.01. The van der Waals surface area contributed by atoms with Crippen LogP contribution in [0.4, 0.5) is 10.1 Å². The summed E-state index contributed by atoms with van der Waals surface area (Å²) >= 11 is 0. The van der Waals surface area contributed by atoms with E-state index in [9.17, 15) is 12.8 Å². The Hall–Kier alpha value is -1.86. The van der Waals surface area contributed by atoms with Gasteiger partial charge in [0.2, 0.25) is 0 Å². The van der Waals surface area contributed by atoms with Crippen LogP contribution in [0, 0.1) is 5.82 Å². The van der Waals surface area contributed by atoms with Crippen LogP contribution in [0.1, 0.15) is 5.69 Å².